The number of carbonyl (C=O) groups excluding carboxylic acids is 1. The van der Waals surface area contributed by atoms with E-state index in [1.807, 2.05) is 0 Å². The van der Waals surface area contributed by atoms with Crippen LogP contribution in [-0.2, 0) is 0 Å². The molecule has 0 aromatic heterocycles. The standard InChI is InChI=1S/C13H7BrCl2FNO/c14-8-5-11(17)7(4-10(8)16)13(19)6-1-2-9(15)12(18)3-6/h1-5H,18H2. The maximum Gasteiger partial charge on any atom is 0.196 e. The van der Waals surface area contributed by atoms with Gasteiger partial charge in [-0.15, -0.1) is 0 Å². The number of nitrogens with two attached hydrogens (primary N) is 1. The van der Waals surface area contributed by atoms with E-state index in [-0.39, 0.29) is 21.8 Å². The number of halogens is 4. The number of benzene rings is 2. The van der Waals surface area contributed by atoms with E-state index >= 15 is 0 Å². The molecule has 0 amide bonds. The molecule has 0 aliphatic carbocycles. The molecule has 0 heterocycles. The molecule has 0 saturated carbocycles. The Kier molecular flexibility index (Phi) is 4.13. The molecule has 0 bridgehead atoms. The molecule has 0 atom stereocenters. The highest BCUT2D eigenvalue weighted by atomic mass is 79.9. The zero-order chi connectivity index (χ0) is 14.2. The second-order valence-electron chi connectivity index (χ2n) is 3.81. The van der Waals surface area contributed by atoms with Gasteiger partial charge in [-0.1, -0.05) is 23.2 Å². The van der Waals surface area contributed by atoms with Crippen LogP contribution in [0.5, 0.6) is 0 Å². The van der Waals surface area contributed by atoms with E-state index in [0.717, 1.165) is 6.07 Å². The monoisotopic (exact) mass is 361 g/mol. The molecule has 98 valence electrons. The molecule has 2 nitrogen and oxygen atoms in total. The summed E-state index contributed by atoms with van der Waals surface area (Å²) in [5.74, 6) is -1.16. The maximum absolute atomic E-state index is 13.8. The third-order valence-corrected chi connectivity index (χ3v) is 4.05. The molecule has 2 aromatic rings. The molecule has 0 unspecified atom stereocenters. The fourth-order valence-electron chi connectivity index (χ4n) is 1.54. The molecule has 0 saturated heterocycles. The van der Waals surface area contributed by atoms with Gasteiger partial charge in [0.25, 0.3) is 0 Å². The predicted molar refractivity (Wildman–Crippen MR) is 78.4 cm³/mol. The molecular formula is C13H7BrCl2FNO. The smallest absolute Gasteiger partial charge is 0.196 e. The predicted octanol–water partition coefficient (Wildman–Crippen LogP) is 4.71. The summed E-state index contributed by atoms with van der Waals surface area (Å²) >= 11 is 14.7. The zero-order valence-electron chi connectivity index (χ0n) is 9.38. The lowest BCUT2D eigenvalue weighted by atomic mass is 10.0. The molecule has 0 aliphatic rings. The lowest BCUT2D eigenvalue weighted by Gasteiger charge is -2.06. The van der Waals surface area contributed by atoms with E-state index in [1.54, 1.807) is 0 Å². The van der Waals surface area contributed by atoms with Gasteiger partial charge in [0.15, 0.2) is 5.78 Å². The van der Waals surface area contributed by atoms with Gasteiger partial charge in [-0.3, -0.25) is 4.79 Å². The molecule has 0 radical (unpaired) electrons. The summed E-state index contributed by atoms with van der Waals surface area (Å²) in [4.78, 5) is 12.2. The lowest BCUT2D eigenvalue weighted by Crippen LogP contribution is -2.05. The van der Waals surface area contributed by atoms with Crippen molar-refractivity contribution in [2.45, 2.75) is 0 Å². The molecule has 2 aromatic carbocycles. The van der Waals surface area contributed by atoms with Gasteiger partial charge in [0.05, 0.1) is 21.3 Å². The van der Waals surface area contributed by atoms with Crippen molar-refractivity contribution >= 4 is 50.6 Å². The number of hydrogen-bond acceptors (Lipinski definition) is 2. The highest BCUT2D eigenvalue weighted by Gasteiger charge is 2.17. The molecule has 19 heavy (non-hydrogen) atoms. The molecule has 6 heteroatoms. The fourth-order valence-corrected chi connectivity index (χ4v) is 2.13. The van der Waals surface area contributed by atoms with Crippen LogP contribution in [0, 0.1) is 5.82 Å². The largest absolute Gasteiger partial charge is 0.398 e. The highest BCUT2D eigenvalue weighted by molar-refractivity contribution is 9.10. The highest BCUT2D eigenvalue weighted by Crippen LogP contribution is 2.28. The normalized spacial score (nSPS) is 10.5. The number of rotatable bonds is 2. The van der Waals surface area contributed by atoms with Crippen molar-refractivity contribution in [3.05, 3.63) is 61.8 Å². The topological polar surface area (TPSA) is 43.1 Å². The van der Waals surface area contributed by atoms with Gasteiger partial charge in [0, 0.05) is 10.0 Å². The van der Waals surface area contributed by atoms with Gasteiger partial charge in [-0.05, 0) is 46.3 Å². The number of ketones is 1. The molecule has 2 N–H and O–H groups in total. The van der Waals surface area contributed by atoms with Crippen molar-refractivity contribution in [1.29, 1.82) is 0 Å². The van der Waals surface area contributed by atoms with Gasteiger partial charge in [-0.25, -0.2) is 4.39 Å². The first-order valence-corrected chi connectivity index (χ1v) is 6.69. The number of hydrogen-bond donors (Lipinski definition) is 1. The first kappa shape index (κ1) is 14.3. The van der Waals surface area contributed by atoms with Gasteiger partial charge >= 0.3 is 0 Å². The Morgan fingerprint density at radius 3 is 2.47 bits per heavy atom. The average Bonchev–Trinajstić information content (AvgIpc) is 2.36. The second-order valence-corrected chi connectivity index (χ2v) is 5.48. The Morgan fingerprint density at radius 2 is 1.84 bits per heavy atom. The van der Waals surface area contributed by atoms with E-state index < -0.39 is 11.6 Å². The molecule has 0 fully saturated rings. The van der Waals surface area contributed by atoms with Crippen LogP contribution < -0.4 is 5.73 Å². The van der Waals surface area contributed by atoms with E-state index in [1.165, 1.54) is 24.3 Å². The summed E-state index contributed by atoms with van der Waals surface area (Å²) in [6.07, 6.45) is 0. The summed E-state index contributed by atoms with van der Waals surface area (Å²) in [6.45, 7) is 0. The number of carbonyl (C=O) groups is 1. The van der Waals surface area contributed by atoms with Crippen LogP contribution >= 0.6 is 39.1 Å². The van der Waals surface area contributed by atoms with E-state index in [2.05, 4.69) is 15.9 Å². The minimum absolute atomic E-state index is 0.116. The summed E-state index contributed by atoms with van der Waals surface area (Å²) < 4.78 is 14.2. The van der Waals surface area contributed by atoms with Crippen molar-refractivity contribution in [2.75, 3.05) is 5.73 Å². The van der Waals surface area contributed by atoms with Crippen molar-refractivity contribution in [2.24, 2.45) is 0 Å². The Morgan fingerprint density at radius 1 is 1.16 bits per heavy atom. The number of nitrogen functional groups attached to an aromatic ring is 1. The Labute approximate surface area is 127 Å². The van der Waals surface area contributed by atoms with Crippen LogP contribution in [0.1, 0.15) is 15.9 Å². The van der Waals surface area contributed by atoms with Gasteiger partial charge in [-0.2, -0.15) is 0 Å². The first-order valence-electron chi connectivity index (χ1n) is 5.14. The van der Waals surface area contributed by atoms with E-state index in [4.69, 9.17) is 28.9 Å². The van der Waals surface area contributed by atoms with Gasteiger partial charge in [0.1, 0.15) is 5.82 Å². The van der Waals surface area contributed by atoms with Crippen molar-refractivity contribution < 1.29 is 9.18 Å². The zero-order valence-corrected chi connectivity index (χ0v) is 12.5. The van der Waals surface area contributed by atoms with Crippen LogP contribution in [0.4, 0.5) is 10.1 Å². The van der Waals surface area contributed by atoms with Crippen LogP contribution in [0.2, 0.25) is 10.0 Å². The second kappa shape index (κ2) is 5.49. The first-order chi connectivity index (χ1) is 8.90. The summed E-state index contributed by atoms with van der Waals surface area (Å²) in [5.41, 5.74) is 6.01. The lowest BCUT2D eigenvalue weighted by molar-refractivity contribution is 0.103. The Balaban J connectivity index is 2.49. The summed E-state index contributed by atoms with van der Waals surface area (Å²) in [7, 11) is 0. The van der Waals surface area contributed by atoms with Crippen molar-refractivity contribution in [3.8, 4) is 0 Å². The molecular weight excluding hydrogens is 356 g/mol. The quantitative estimate of drug-likeness (QED) is 0.477. The third kappa shape index (κ3) is 2.91. The Bertz CT molecular complexity index is 676. The van der Waals surface area contributed by atoms with Crippen LogP contribution in [0.25, 0.3) is 0 Å². The third-order valence-electron chi connectivity index (χ3n) is 2.51. The molecule has 2 rings (SSSR count). The van der Waals surface area contributed by atoms with Crippen LogP contribution in [-0.4, -0.2) is 5.78 Å². The van der Waals surface area contributed by atoms with E-state index in [0.29, 0.717) is 9.50 Å². The maximum atomic E-state index is 13.8. The van der Waals surface area contributed by atoms with Gasteiger partial charge in [0.2, 0.25) is 0 Å². The SMILES string of the molecule is Nc1cc(C(=O)c2cc(Cl)c(Br)cc2F)ccc1Cl. The summed E-state index contributed by atoms with van der Waals surface area (Å²) in [5, 5.41) is 0.595. The van der Waals surface area contributed by atoms with Crippen LogP contribution in [0.3, 0.4) is 0 Å². The van der Waals surface area contributed by atoms with Gasteiger partial charge < -0.3 is 5.73 Å². The van der Waals surface area contributed by atoms with Crippen molar-refractivity contribution in [1.82, 2.24) is 0 Å². The minimum Gasteiger partial charge on any atom is -0.398 e. The Hall–Kier alpha value is -1.10. The van der Waals surface area contributed by atoms with Crippen molar-refractivity contribution in [3.63, 3.8) is 0 Å². The van der Waals surface area contributed by atoms with E-state index in [9.17, 15) is 9.18 Å². The molecule has 0 spiro atoms. The fraction of sp³-hybridized carbons (Fsp3) is 0. The summed E-state index contributed by atoms with van der Waals surface area (Å²) in [6, 6.07) is 6.79. The average molecular weight is 363 g/mol. The molecule has 0 aliphatic heterocycles. The minimum atomic E-state index is -0.658. The number of anilines is 1. The van der Waals surface area contributed by atoms with Crippen LogP contribution in [0.15, 0.2) is 34.8 Å².